The van der Waals surface area contributed by atoms with Gasteiger partial charge in [0.25, 0.3) is 5.91 Å². The Balaban J connectivity index is 2.04. The second-order valence-electron chi connectivity index (χ2n) is 4.32. The maximum absolute atomic E-state index is 12.0. The minimum atomic E-state index is -0.296. The molecule has 1 amide bonds. The summed E-state index contributed by atoms with van der Waals surface area (Å²) in [4.78, 5) is 16.1. The molecule has 0 aromatic carbocycles. The molecule has 0 bridgehead atoms. The van der Waals surface area contributed by atoms with Crippen molar-refractivity contribution in [1.82, 2.24) is 15.2 Å². The second kappa shape index (κ2) is 6.60. The number of rotatable bonds is 5. The van der Waals surface area contributed by atoms with Gasteiger partial charge in [-0.3, -0.25) is 9.78 Å². The molecule has 0 saturated heterocycles. The molecule has 104 valence electrons. The normalized spacial score (nSPS) is 10.1. The van der Waals surface area contributed by atoms with Crippen LogP contribution in [0, 0.1) is 6.92 Å². The van der Waals surface area contributed by atoms with Crippen LogP contribution in [0.1, 0.15) is 29.5 Å². The smallest absolute Gasteiger partial charge is 0.276 e. The van der Waals surface area contributed by atoms with Gasteiger partial charge in [-0.15, -0.1) is 10.2 Å². The minimum Gasteiger partial charge on any atom is -0.369 e. The third-order valence-electron chi connectivity index (χ3n) is 2.71. The second-order valence-corrected chi connectivity index (χ2v) is 4.32. The van der Waals surface area contributed by atoms with E-state index in [9.17, 15) is 4.79 Å². The lowest BCUT2D eigenvalue weighted by atomic mass is 10.3. The summed E-state index contributed by atoms with van der Waals surface area (Å²) >= 11 is 0. The molecular weight excluding hydrogens is 254 g/mol. The fourth-order valence-electron chi connectivity index (χ4n) is 1.60. The van der Waals surface area contributed by atoms with Crippen LogP contribution in [0.2, 0.25) is 0 Å². The van der Waals surface area contributed by atoms with Crippen molar-refractivity contribution in [2.24, 2.45) is 0 Å². The van der Waals surface area contributed by atoms with E-state index in [0.717, 1.165) is 18.7 Å². The number of aryl methyl sites for hydroxylation is 1. The predicted molar refractivity (Wildman–Crippen MR) is 77.7 cm³/mol. The monoisotopic (exact) mass is 271 g/mol. The van der Waals surface area contributed by atoms with Crippen molar-refractivity contribution in [3.63, 3.8) is 0 Å². The number of aromatic nitrogens is 3. The Labute approximate surface area is 117 Å². The number of amides is 1. The Bertz CT molecular complexity index is 582. The molecular formula is C14H17N5O. The molecule has 6 nitrogen and oxygen atoms in total. The molecule has 6 heteroatoms. The summed E-state index contributed by atoms with van der Waals surface area (Å²) in [5, 5.41) is 13.7. The highest BCUT2D eigenvalue weighted by Crippen LogP contribution is 2.12. The van der Waals surface area contributed by atoms with Gasteiger partial charge in [0, 0.05) is 12.7 Å². The van der Waals surface area contributed by atoms with E-state index in [-0.39, 0.29) is 11.6 Å². The molecule has 0 radical (unpaired) electrons. The highest BCUT2D eigenvalue weighted by Gasteiger charge is 2.10. The minimum absolute atomic E-state index is 0.273. The Morgan fingerprint density at radius 1 is 1.25 bits per heavy atom. The first-order chi connectivity index (χ1) is 9.70. The van der Waals surface area contributed by atoms with Gasteiger partial charge >= 0.3 is 0 Å². The van der Waals surface area contributed by atoms with Crippen molar-refractivity contribution < 1.29 is 4.79 Å². The van der Waals surface area contributed by atoms with Crippen LogP contribution in [0.4, 0.5) is 11.5 Å². The van der Waals surface area contributed by atoms with Crippen molar-refractivity contribution in [3.05, 3.63) is 41.9 Å². The molecule has 0 aliphatic rings. The highest BCUT2D eigenvalue weighted by atomic mass is 16.1. The summed E-state index contributed by atoms with van der Waals surface area (Å²) in [5.74, 6) is 0.372. The maximum Gasteiger partial charge on any atom is 0.276 e. The largest absolute Gasteiger partial charge is 0.369 e. The lowest BCUT2D eigenvalue weighted by Crippen LogP contribution is -2.16. The van der Waals surface area contributed by atoms with E-state index >= 15 is 0 Å². The summed E-state index contributed by atoms with van der Waals surface area (Å²) < 4.78 is 0. The summed E-state index contributed by atoms with van der Waals surface area (Å²) in [6, 6.07) is 6.95. The van der Waals surface area contributed by atoms with Crippen LogP contribution in [-0.2, 0) is 0 Å². The molecule has 0 fully saturated rings. The zero-order valence-electron chi connectivity index (χ0n) is 11.6. The number of hydrogen-bond acceptors (Lipinski definition) is 5. The average Bonchev–Trinajstić information content (AvgIpc) is 2.48. The van der Waals surface area contributed by atoms with E-state index in [1.165, 1.54) is 0 Å². The number of carbonyl (C=O) groups excluding carboxylic acids is 1. The maximum atomic E-state index is 12.0. The fraction of sp³-hybridized carbons (Fsp3) is 0.286. The predicted octanol–water partition coefficient (Wildman–Crippen LogP) is 2.25. The van der Waals surface area contributed by atoms with Gasteiger partial charge < -0.3 is 10.6 Å². The van der Waals surface area contributed by atoms with Gasteiger partial charge in [-0.25, -0.2) is 0 Å². The number of nitrogens with one attached hydrogen (secondary N) is 2. The Hall–Kier alpha value is -2.50. The summed E-state index contributed by atoms with van der Waals surface area (Å²) in [6.45, 7) is 4.73. The Morgan fingerprint density at radius 2 is 2.10 bits per heavy atom. The Morgan fingerprint density at radius 3 is 2.75 bits per heavy atom. The van der Waals surface area contributed by atoms with Crippen molar-refractivity contribution in [2.75, 3.05) is 17.2 Å². The highest BCUT2D eigenvalue weighted by molar-refractivity contribution is 6.03. The van der Waals surface area contributed by atoms with E-state index in [0.29, 0.717) is 11.5 Å². The zero-order valence-corrected chi connectivity index (χ0v) is 11.6. The Kier molecular flexibility index (Phi) is 4.60. The van der Waals surface area contributed by atoms with Crippen LogP contribution in [0.5, 0.6) is 0 Å². The number of hydrogen-bond donors (Lipinski definition) is 2. The van der Waals surface area contributed by atoms with Crippen LogP contribution < -0.4 is 10.6 Å². The molecule has 0 aliphatic heterocycles. The zero-order chi connectivity index (χ0) is 14.4. The van der Waals surface area contributed by atoms with Gasteiger partial charge in [-0.2, -0.15) is 0 Å². The van der Waals surface area contributed by atoms with Crippen molar-refractivity contribution in [2.45, 2.75) is 20.3 Å². The summed E-state index contributed by atoms with van der Waals surface area (Å²) in [5.41, 5.74) is 1.71. The van der Waals surface area contributed by atoms with Crippen LogP contribution in [0.15, 0.2) is 30.5 Å². The van der Waals surface area contributed by atoms with Gasteiger partial charge in [0.1, 0.15) is 5.82 Å². The quantitative estimate of drug-likeness (QED) is 0.872. The van der Waals surface area contributed by atoms with Crippen LogP contribution in [0.3, 0.4) is 0 Å². The van der Waals surface area contributed by atoms with E-state index in [1.807, 2.05) is 6.92 Å². The van der Waals surface area contributed by atoms with E-state index < -0.39 is 0 Å². The lowest BCUT2D eigenvalue weighted by molar-refractivity contribution is 0.102. The van der Waals surface area contributed by atoms with Gasteiger partial charge in [-0.1, -0.05) is 6.92 Å². The average molecular weight is 271 g/mol. The molecule has 0 spiro atoms. The van der Waals surface area contributed by atoms with E-state index in [2.05, 4.69) is 32.7 Å². The molecule has 0 saturated carbocycles. The van der Waals surface area contributed by atoms with Crippen LogP contribution in [-0.4, -0.2) is 27.6 Å². The molecule has 0 atom stereocenters. The van der Waals surface area contributed by atoms with Gasteiger partial charge in [0.15, 0.2) is 5.69 Å². The standard InChI is InChI=1S/C14H17N5O/c1-3-8-16-13-7-6-12(18-19-13)14(20)17-11-5-4-9-15-10(11)2/h4-7,9H,3,8H2,1-2H3,(H,16,19)(H,17,20). The first-order valence-electron chi connectivity index (χ1n) is 6.51. The first-order valence-corrected chi connectivity index (χ1v) is 6.51. The molecule has 2 heterocycles. The number of nitrogens with zero attached hydrogens (tertiary/aromatic N) is 3. The molecule has 20 heavy (non-hydrogen) atoms. The molecule has 0 aliphatic carbocycles. The molecule has 2 N–H and O–H groups in total. The third-order valence-corrected chi connectivity index (χ3v) is 2.71. The molecule has 2 aromatic rings. The molecule has 2 rings (SSSR count). The first kappa shape index (κ1) is 13.9. The number of carbonyl (C=O) groups is 1. The van der Waals surface area contributed by atoms with Crippen LogP contribution >= 0.6 is 0 Å². The lowest BCUT2D eigenvalue weighted by Gasteiger charge is -2.07. The van der Waals surface area contributed by atoms with Crippen molar-refractivity contribution in [1.29, 1.82) is 0 Å². The van der Waals surface area contributed by atoms with Crippen molar-refractivity contribution in [3.8, 4) is 0 Å². The van der Waals surface area contributed by atoms with E-state index in [4.69, 9.17) is 0 Å². The van der Waals surface area contributed by atoms with Crippen molar-refractivity contribution >= 4 is 17.4 Å². The van der Waals surface area contributed by atoms with E-state index in [1.54, 1.807) is 30.5 Å². The number of pyridine rings is 1. The topological polar surface area (TPSA) is 79.8 Å². The summed E-state index contributed by atoms with van der Waals surface area (Å²) in [7, 11) is 0. The van der Waals surface area contributed by atoms with Crippen LogP contribution in [0.25, 0.3) is 0 Å². The van der Waals surface area contributed by atoms with Gasteiger partial charge in [0.05, 0.1) is 11.4 Å². The van der Waals surface area contributed by atoms with Gasteiger partial charge in [-0.05, 0) is 37.6 Å². The summed E-state index contributed by atoms with van der Waals surface area (Å²) in [6.07, 6.45) is 2.68. The van der Waals surface area contributed by atoms with Gasteiger partial charge in [0.2, 0.25) is 0 Å². The fourth-order valence-corrected chi connectivity index (χ4v) is 1.60. The molecule has 2 aromatic heterocycles. The SMILES string of the molecule is CCCNc1ccc(C(=O)Nc2cccnc2C)nn1. The molecule has 0 unspecified atom stereocenters. The third kappa shape index (κ3) is 3.50. The number of anilines is 2.